The van der Waals surface area contributed by atoms with Gasteiger partial charge in [0.2, 0.25) is 11.8 Å². The number of hydrogen-bond acceptors (Lipinski definition) is 55. The predicted molar refractivity (Wildman–Crippen MR) is 387 cm³/mol. The lowest BCUT2D eigenvalue weighted by molar-refractivity contribution is -0.433. The number of carbonyl (C=O) groups is 4. The molecule has 129 heavy (non-hydrogen) atoms. The van der Waals surface area contributed by atoms with Crippen LogP contribution in [0.15, 0.2) is 0 Å². The third-order valence-electron chi connectivity index (χ3n) is 23.6. The molecule has 10 saturated heterocycles. The molecule has 52 atom stereocenters. The average molecular weight is 1900 g/mol. The summed E-state index contributed by atoms with van der Waals surface area (Å²) in [5.41, 5.74) is 0. The number of carbonyl (C=O) groups excluding carboxylic acids is 2. The molecule has 10 fully saturated rings. The monoisotopic (exact) mass is 1900 g/mol. The second kappa shape index (κ2) is 45.4. The van der Waals surface area contributed by atoms with E-state index in [4.69, 9.17) is 90.0 Å². The van der Waals surface area contributed by atoms with Gasteiger partial charge in [0, 0.05) is 26.7 Å². The van der Waals surface area contributed by atoms with Crippen molar-refractivity contribution in [2.75, 3.05) is 66.1 Å². The number of carboxylic acids is 2. The summed E-state index contributed by atoms with van der Waals surface area (Å²) < 4.78 is 114. The van der Waals surface area contributed by atoms with Gasteiger partial charge in [-0.1, -0.05) is 0 Å². The SMILES string of the molecule is CC(=O)N[C@H]1[C@H](O[C@H]2[C@@H](O)[C@@H](CO)O[C@@H](O[C@H]3[C@H](O)[C@@H](O)[C@H](O[C@H]4[C@H](O[C@H]5O[C@H]([C@@H](O)CO)[C@@H](O)[C@H](O)[C@@H]5O[C@H]5O[C@H](CO)[C@@H](O)[C@H](O)[C@H]5NC(C)=O)[C@H](O[C@@H]5O[C@H](CO)[C@@H](O)[C@H](O)[C@H]5O)[C@@H](O[C@H]5[C@@H]([C@H](O)CO)O[C@@](O)(C(=O)O)C[C@H]5O[C@]5(C(=O)O)C[C@@H](O)[C@@H](O)[C@@H]([C@H](O)CO)O5)O[C@@H]4[C@@H](O)CO)O[C@@H]3CO)[C@@H]2O)O[C@H](CO)[C@@H](O[C@@H]2O[C@H](CO)[C@H](O)[C@H](O)[C@H]2O)[C@@H]1O. The molecule has 10 rings (SSSR count). The maximum Gasteiger partial charge on any atom is 0.364 e. The number of aliphatic hydroxyl groups excluding tert-OH is 31. The number of nitrogens with one attached hydrogen (secondary N) is 2. The second-order valence-corrected chi connectivity index (χ2v) is 32.3. The number of aliphatic carboxylic acids is 2. The lowest BCUT2D eigenvalue weighted by atomic mass is 9.89. The summed E-state index contributed by atoms with van der Waals surface area (Å²) in [6.45, 7) is -11.7. The Morgan fingerprint density at radius 1 is 0.310 bits per heavy atom. The van der Waals surface area contributed by atoms with Gasteiger partial charge in [0.1, 0.15) is 244 Å². The van der Waals surface area contributed by atoms with Crippen molar-refractivity contribution in [3.05, 3.63) is 0 Å². The largest absolute Gasteiger partial charge is 0.477 e. The number of ether oxygens (including phenoxy) is 19. The summed E-state index contributed by atoms with van der Waals surface area (Å²) in [6, 6.07) is -4.00. The molecule has 0 aromatic carbocycles. The van der Waals surface area contributed by atoms with Crippen LogP contribution in [0.5, 0.6) is 0 Å². The first-order valence-corrected chi connectivity index (χ1v) is 40.5. The van der Waals surface area contributed by atoms with E-state index < -0.39 is 421 Å². The molecular weight excluding hydrogens is 1780 g/mol. The maximum atomic E-state index is 13.7. The molecule has 36 N–H and O–H groups in total. The minimum absolute atomic E-state index is 0.860. The molecule has 10 aliphatic heterocycles. The van der Waals surface area contributed by atoms with E-state index in [1.165, 1.54) is 0 Å². The fourth-order valence-electron chi connectivity index (χ4n) is 16.6. The third-order valence-corrected chi connectivity index (χ3v) is 23.6. The Morgan fingerprint density at radius 3 is 1.15 bits per heavy atom. The summed E-state index contributed by atoms with van der Waals surface area (Å²) >= 11 is 0. The normalized spacial score (nSPS) is 48.7. The average Bonchev–Trinajstić information content (AvgIpc) is 0.745. The van der Waals surface area contributed by atoms with Crippen LogP contribution < -0.4 is 10.6 Å². The van der Waals surface area contributed by atoms with Crippen LogP contribution in [-0.4, -0.2) is 582 Å². The second-order valence-electron chi connectivity index (χ2n) is 32.3. The Labute approximate surface area is 726 Å². The molecule has 748 valence electrons. The van der Waals surface area contributed by atoms with Gasteiger partial charge in [-0.2, -0.15) is 0 Å². The summed E-state index contributed by atoms with van der Waals surface area (Å²) in [4.78, 5) is 52.6. The van der Waals surface area contributed by atoms with Crippen LogP contribution in [0.2, 0.25) is 0 Å². The van der Waals surface area contributed by atoms with Crippen molar-refractivity contribution in [1.29, 1.82) is 0 Å². The molecule has 10 aliphatic rings. The van der Waals surface area contributed by atoms with Crippen molar-refractivity contribution in [2.24, 2.45) is 0 Å². The van der Waals surface area contributed by atoms with E-state index in [2.05, 4.69) is 10.6 Å². The van der Waals surface area contributed by atoms with E-state index in [-0.39, 0.29) is 0 Å². The van der Waals surface area contributed by atoms with Crippen molar-refractivity contribution >= 4 is 23.8 Å². The molecule has 59 nitrogen and oxygen atoms in total. The van der Waals surface area contributed by atoms with Gasteiger partial charge in [0.25, 0.3) is 11.6 Å². The van der Waals surface area contributed by atoms with Crippen molar-refractivity contribution in [3.63, 3.8) is 0 Å². The van der Waals surface area contributed by atoms with Gasteiger partial charge >= 0.3 is 11.9 Å². The molecule has 0 saturated carbocycles. The molecule has 59 heteroatoms. The minimum atomic E-state index is -3.81. The lowest BCUT2D eigenvalue weighted by Crippen LogP contribution is -2.72. The number of rotatable bonds is 36. The molecule has 0 aromatic rings. The van der Waals surface area contributed by atoms with E-state index in [0.29, 0.717) is 0 Å². The van der Waals surface area contributed by atoms with Crippen molar-refractivity contribution in [3.8, 4) is 0 Å². The van der Waals surface area contributed by atoms with Crippen LogP contribution in [0, 0.1) is 0 Å². The number of hydrogen-bond donors (Lipinski definition) is 36. The van der Waals surface area contributed by atoms with Gasteiger partial charge in [-0.25, -0.2) is 9.59 Å². The zero-order valence-electron chi connectivity index (χ0n) is 67.9. The Kier molecular flexibility index (Phi) is 37.6. The van der Waals surface area contributed by atoms with Crippen molar-refractivity contribution in [1.82, 2.24) is 10.6 Å². The molecule has 0 aromatic heterocycles. The number of aliphatic hydroxyl groups is 32. The molecule has 0 spiro atoms. The van der Waals surface area contributed by atoms with Gasteiger partial charge < -0.3 is 274 Å². The van der Waals surface area contributed by atoms with Crippen LogP contribution in [0.25, 0.3) is 0 Å². The first-order chi connectivity index (χ1) is 60.8. The lowest BCUT2D eigenvalue weighted by Gasteiger charge is -2.54. The van der Waals surface area contributed by atoms with Gasteiger partial charge in [0.15, 0.2) is 50.3 Å². The van der Waals surface area contributed by atoms with Gasteiger partial charge in [-0.05, 0) is 0 Å². The highest BCUT2D eigenvalue weighted by Crippen LogP contribution is 2.46. The van der Waals surface area contributed by atoms with E-state index in [1.54, 1.807) is 0 Å². The van der Waals surface area contributed by atoms with Gasteiger partial charge in [0.05, 0.1) is 78.3 Å². The molecule has 10 heterocycles. The summed E-state index contributed by atoms with van der Waals surface area (Å²) in [7, 11) is 0. The highest BCUT2D eigenvalue weighted by molar-refractivity contribution is 5.77. The van der Waals surface area contributed by atoms with Crippen molar-refractivity contribution in [2.45, 2.75) is 345 Å². The fourth-order valence-corrected chi connectivity index (χ4v) is 16.6. The maximum absolute atomic E-state index is 13.7. The molecule has 0 bridgehead atoms. The summed E-state index contributed by atoms with van der Waals surface area (Å²) in [6.07, 6.45) is -120. The molecule has 2 amide bonds. The number of amides is 2. The van der Waals surface area contributed by atoms with E-state index in [1.807, 2.05) is 0 Å². The third kappa shape index (κ3) is 22.7. The first kappa shape index (κ1) is 107. The Morgan fingerprint density at radius 2 is 0.667 bits per heavy atom. The van der Waals surface area contributed by atoms with Gasteiger partial charge in [-0.15, -0.1) is 0 Å². The summed E-state index contributed by atoms with van der Waals surface area (Å²) in [5, 5.41) is 386. The Bertz CT molecular complexity index is 3520. The van der Waals surface area contributed by atoms with Crippen LogP contribution in [0.3, 0.4) is 0 Å². The molecule has 0 unspecified atom stereocenters. The van der Waals surface area contributed by atoms with Crippen LogP contribution in [0.1, 0.15) is 26.7 Å². The molecule has 0 radical (unpaired) electrons. The van der Waals surface area contributed by atoms with Gasteiger partial charge in [-0.3, -0.25) is 9.59 Å². The number of carboxylic acid groups (broad SMARTS) is 2. The Balaban J connectivity index is 1.09. The molecular formula is C70H116N2O57. The van der Waals surface area contributed by atoms with Crippen LogP contribution >= 0.6 is 0 Å². The van der Waals surface area contributed by atoms with Crippen LogP contribution in [0.4, 0.5) is 0 Å². The highest BCUT2D eigenvalue weighted by atomic mass is 16.8. The summed E-state index contributed by atoms with van der Waals surface area (Å²) in [5.74, 6) is -14.2. The Hall–Kier alpha value is -4.16. The highest BCUT2D eigenvalue weighted by Gasteiger charge is 2.67. The van der Waals surface area contributed by atoms with Crippen molar-refractivity contribution < 1.29 is 283 Å². The predicted octanol–water partition coefficient (Wildman–Crippen LogP) is -24.1. The standard InChI is InChI=1S/C70H116N2O57/c1-15(83)71-29-36(95)32(91)23(9-77)111-59(29)123-55-41(100)40(99)47(18(86)5-73)117-65(55)125-57-56(124-63-45(104)42(101)52(28(14-82)116-63)120-64-46(105)54(35(94)26(12-80)114-64)122-60-30(72-16(2)84)37(96)51(27(13-81)115-60)119-61-43(102)38(97)33(92)24(10-78)112-61)49(20(88)7-75)118-66(58(57)126-62-44(103)39(98)34(93)25(11-79)113-62)121-53-22(4-69(110,67(106)107)128-50(53)21(89)8-76)127-70(68(108)109)3-17(85)31(90)48(129-70)19(87)6-74/h17-66,73-82,85-105,110H,3-14H2,1-2H3,(H,71,83)(H,72,84)(H,106,107)(H,108,109)/t17-,18+,19-,20+,21-,22-,23-,24-,25-,26-,27-,28-,29-,30-,31-,32-,33+,34-,35+,36-,37-,38+,39+,40+,41+,42-,43-,44-,45-,46-,47-,48-,49-,50-,51-,52-,53-,54+,55+,56-,57+,58+,59-,60+,61+,62+,63+,64+,65-,66-,69-,70-/m1/s1. The molecule has 0 aliphatic carbocycles. The quantitative estimate of drug-likeness (QED) is 0.0277. The van der Waals surface area contributed by atoms with E-state index >= 15 is 0 Å². The fraction of sp³-hybridized carbons (Fsp3) is 0.943. The van der Waals surface area contributed by atoms with Crippen LogP contribution in [-0.2, 0) is 109 Å². The first-order valence-electron chi connectivity index (χ1n) is 40.5. The minimum Gasteiger partial charge on any atom is -0.477 e. The topological polar surface area (TPSA) is 956 Å². The van der Waals surface area contributed by atoms with E-state index in [0.717, 1.165) is 13.8 Å². The zero-order valence-corrected chi connectivity index (χ0v) is 67.9. The van der Waals surface area contributed by atoms with E-state index in [9.17, 15) is 193 Å². The smallest absolute Gasteiger partial charge is 0.364 e. The zero-order chi connectivity index (χ0) is 95.5.